The number of carboxylic acids is 1. The normalized spacial score (nSPS) is 24.1. The van der Waals surface area contributed by atoms with Gasteiger partial charge < -0.3 is 5.11 Å². The third-order valence-corrected chi connectivity index (χ3v) is 4.44. The van der Waals surface area contributed by atoms with Crippen molar-refractivity contribution in [3.05, 3.63) is 34.9 Å². The Morgan fingerprint density at radius 1 is 1.32 bits per heavy atom. The molecule has 1 heterocycles. The van der Waals surface area contributed by atoms with Crippen molar-refractivity contribution in [2.75, 3.05) is 13.1 Å². The van der Waals surface area contributed by atoms with Crippen LogP contribution < -0.4 is 0 Å². The molecule has 0 bridgehead atoms. The molecule has 104 valence electrons. The summed E-state index contributed by atoms with van der Waals surface area (Å²) in [6.45, 7) is 9.95. The molecule has 1 fully saturated rings. The van der Waals surface area contributed by atoms with E-state index in [1.54, 1.807) is 0 Å². The molecule has 2 rings (SSSR count). The first kappa shape index (κ1) is 14.1. The second-order valence-electron chi connectivity index (χ2n) is 5.89. The fourth-order valence-corrected chi connectivity index (χ4v) is 3.00. The lowest BCUT2D eigenvalue weighted by Crippen LogP contribution is -2.29. The van der Waals surface area contributed by atoms with Crippen LogP contribution >= 0.6 is 0 Å². The predicted octanol–water partition coefficient (Wildman–Crippen LogP) is 2.81. The molecule has 19 heavy (non-hydrogen) atoms. The molecule has 1 aliphatic rings. The van der Waals surface area contributed by atoms with Crippen molar-refractivity contribution in [3.63, 3.8) is 0 Å². The van der Waals surface area contributed by atoms with Gasteiger partial charge in [-0.1, -0.05) is 18.2 Å². The van der Waals surface area contributed by atoms with Gasteiger partial charge in [-0.15, -0.1) is 0 Å². The van der Waals surface area contributed by atoms with E-state index in [1.165, 1.54) is 16.7 Å². The molecule has 0 aliphatic carbocycles. The minimum atomic E-state index is -0.672. The van der Waals surface area contributed by atoms with Crippen molar-refractivity contribution in [2.45, 2.75) is 39.7 Å². The number of hydrogen-bond acceptors (Lipinski definition) is 2. The number of hydrogen-bond donors (Lipinski definition) is 1. The highest BCUT2D eigenvalue weighted by molar-refractivity contribution is 5.72. The van der Waals surface area contributed by atoms with Crippen LogP contribution in [0, 0.1) is 19.8 Å². The first-order valence-corrected chi connectivity index (χ1v) is 6.94. The van der Waals surface area contributed by atoms with Crippen LogP contribution in [0.5, 0.6) is 0 Å². The third-order valence-electron chi connectivity index (χ3n) is 4.44. The molecule has 0 radical (unpaired) electrons. The van der Waals surface area contributed by atoms with Gasteiger partial charge in [0.15, 0.2) is 0 Å². The monoisotopic (exact) mass is 261 g/mol. The van der Waals surface area contributed by atoms with Crippen LogP contribution in [0.3, 0.4) is 0 Å². The summed E-state index contributed by atoms with van der Waals surface area (Å²) in [4.78, 5) is 13.8. The van der Waals surface area contributed by atoms with Crippen LogP contribution in [-0.2, 0) is 4.79 Å². The van der Waals surface area contributed by atoms with Gasteiger partial charge in [-0.3, -0.25) is 9.69 Å². The second-order valence-corrected chi connectivity index (χ2v) is 5.89. The summed E-state index contributed by atoms with van der Waals surface area (Å²) in [6, 6.07) is 6.61. The predicted molar refractivity (Wildman–Crippen MR) is 76.5 cm³/mol. The Kier molecular flexibility index (Phi) is 3.95. The van der Waals surface area contributed by atoms with Gasteiger partial charge in [-0.2, -0.15) is 0 Å². The van der Waals surface area contributed by atoms with E-state index in [0.29, 0.717) is 12.6 Å². The molecule has 1 aromatic rings. The van der Waals surface area contributed by atoms with Gasteiger partial charge in [0.25, 0.3) is 0 Å². The quantitative estimate of drug-likeness (QED) is 0.909. The van der Waals surface area contributed by atoms with Crippen LogP contribution in [0.25, 0.3) is 0 Å². The van der Waals surface area contributed by atoms with E-state index in [9.17, 15) is 9.90 Å². The Labute approximate surface area is 115 Å². The van der Waals surface area contributed by atoms with Crippen LogP contribution in [0.2, 0.25) is 0 Å². The number of rotatable bonds is 3. The molecular formula is C16H23NO2. The molecule has 0 aromatic heterocycles. The zero-order valence-electron chi connectivity index (χ0n) is 12.2. The van der Waals surface area contributed by atoms with Crippen molar-refractivity contribution in [1.82, 2.24) is 4.90 Å². The molecule has 2 atom stereocenters. The highest BCUT2D eigenvalue weighted by atomic mass is 16.4. The molecule has 3 nitrogen and oxygen atoms in total. The summed E-state index contributed by atoms with van der Waals surface area (Å²) < 4.78 is 0. The first-order chi connectivity index (χ1) is 8.91. The second kappa shape index (κ2) is 5.33. The average Bonchev–Trinajstić information content (AvgIpc) is 2.77. The highest BCUT2D eigenvalue weighted by Gasteiger charge is 2.39. The summed E-state index contributed by atoms with van der Waals surface area (Å²) in [5.74, 6) is -0.850. The summed E-state index contributed by atoms with van der Waals surface area (Å²) in [5.41, 5.74) is 3.68. The zero-order valence-corrected chi connectivity index (χ0v) is 12.2. The Balaban J connectivity index is 2.36. The van der Waals surface area contributed by atoms with E-state index in [4.69, 9.17) is 0 Å². The summed E-state index contributed by atoms with van der Waals surface area (Å²) in [6.07, 6.45) is 0. The van der Waals surface area contributed by atoms with E-state index in [1.807, 2.05) is 6.07 Å². The van der Waals surface area contributed by atoms with E-state index < -0.39 is 5.97 Å². The lowest BCUT2D eigenvalue weighted by molar-refractivity contribution is -0.141. The third kappa shape index (κ3) is 2.66. The molecule has 0 amide bonds. The smallest absolute Gasteiger partial charge is 0.308 e. The molecule has 1 N–H and O–H groups in total. The molecule has 2 unspecified atom stereocenters. The zero-order chi connectivity index (χ0) is 14.2. The summed E-state index contributed by atoms with van der Waals surface area (Å²) in [7, 11) is 0. The maximum atomic E-state index is 11.5. The Hall–Kier alpha value is -1.35. The van der Waals surface area contributed by atoms with Gasteiger partial charge >= 0.3 is 5.97 Å². The fourth-order valence-electron chi connectivity index (χ4n) is 3.00. The Morgan fingerprint density at radius 3 is 2.58 bits per heavy atom. The van der Waals surface area contributed by atoms with E-state index in [-0.39, 0.29) is 11.8 Å². The van der Waals surface area contributed by atoms with E-state index in [0.717, 1.165) is 6.54 Å². The van der Waals surface area contributed by atoms with Crippen molar-refractivity contribution >= 4 is 5.97 Å². The number of benzene rings is 1. The lowest BCUT2D eigenvalue weighted by atomic mass is 9.85. The minimum absolute atomic E-state index is 0.111. The van der Waals surface area contributed by atoms with Crippen molar-refractivity contribution < 1.29 is 9.90 Å². The molecule has 1 aliphatic heterocycles. The van der Waals surface area contributed by atoms with Gasteiger partial charge in [-0.25, -0.2) is 0 Å². The van der Waals surface area contributed by atoms with Crippen LogP contribution in [0.1, 0.15) is 36.5 Å². The topological polar surface area (TPSA) is 40.5 Å². The molecule has 3 heteroatoms. The van der Waals surface area contributed by atoms with E-state index in [2.05, 4.69) is 44.7 Å². The Bertz CT molecular complexity index is 482. The van der Waals surface area contributed by atoms with Gasteiger partial charge in [0, 0.05) is 25.0 Å². The first-order valence-electron chi connectivity index (χ1n) is 6.94. The van der Waals surface area contributed by atoms with Crippen LogP contribution in [0.4, 0.5) is 0 Å². The number of aliphatic carboxylic acids is 1. The number of aryl methyl sites for hydroxylation is 1. The van der Waals surface area contributed by atoms with E-state index >= 15 is 0 Å². The van der Waals surface area contributed by atoms with Crippen LogP contribution in [-0.4, -0.2) is 35.1 Å². The summed E-state index contributed by atoms with van der Waals surface area (Å²) in [5, 5.41) is 9.48. The fraction of sp³-hybridized carbons (Fsp3) is 0.562. The van der Waals surface area contributed by atoms with Crippen molar-refractivity contribution in [1.29, 1.82) is 0 Å². The van der Waals surface area contributed by atoms with Crippen molar-refractivity contribution in [2.24, 2.45) is 5.92 Å². The average molecular weight is 261 g/mol. The largest absolute Gasteiger partial charge is 0.481 e. The van der Waals surface area contributed by atoms with Gasteiger partial charge in [-0.05, 0) is 44.4 Å². The standard InChI is InChI=1S/C16H23NO2/c1-10(2)17-8-14(15(9-17)16(18)19)13-7-5-6-11(3)12(13)4/h5-7,10,14-15H,8-9H2,1-4H3,(H,18,19). The maximum absolute atomic E-state index is 11.5. The molecule has 0 saturated carbocycles. The minimum Gasteiger partial charge on any atom is -0.481 e. The number of likely N-dealkylation sites (tertiary alicyclic amines) is 1. The van der Waals surface area contributed by atoms with Crippen LogP contribution in [0.15, 0.2) is 18.2 Å². The van der Waals surface area contributed by atoms with Crippen molar-refractivity contribution in [3.8, 4) is 0 Å². The SMILES string of the molecule is Cc1cccc(C2CN(C(C)C)CC2C(=O)O)c1C. The highest BCUT2D eigenvalue weighted by Crippen LogP contribution is 2.36. The molecular weight excluding hydrogens is 238 g/mol. The number of nitrogens with zero attached hydrogens (tertiary/aromatic N) is 1. The lowest BCUT2D eigenvalue weighted by Gasteiger charge is -2.21. The maximum Gasteiger partial charge on any atom is 0.308 e. The molecule has 1 saturated heterocycles. The summed E-state index contributed by atoms with van der Waals surface area (Å²) >= 11 is 0. The number of carboxylic acid groups (broad SMARTS) is 1. The Morgan fingerprint density at radius 2 is 2.00 bits per heavy atom. The van der Waals surface area contributed by atoms with Gasteiger partial charge in [0.05, 0.1) is 5.92 Å². The van der Waals surface area contributed by atoms with Gasteiger partial charge in [0.1, 0.15) is 0 Å². The molecule has 1 aromatic carbocycles. The molecule has 0 spiro atoms. The number of carbonyl (C=O) groups is 1. The van der Waals surface area contributed by atoms with Gasteiger partial charge in [0.2, 0.25) is 0 Å².